The fourth-order valence-electron chi connectivity index (χ4n) is 8.56. The van der Waals surface area contributed by atoms with Gasteiger partial charge in [-0.05, 0) is 134 Å². The van der Waals surface area contributed by atoms with Crippen molar-refractivity contribution in [3.8, 4) is 17.0 Å². The monoisotopic (exact) mass is 478 g/mol. The first-order chi connectivity index (χ1) is 17.7. The predicted molar refractivity (Wildman–Crippen MR) is 150 cm³/mol. The van der Waals surface area contributed by atoms with E-state index in [2.05, 4.69) is 59.6 Å². The van der Waals surface area contributed by atoms with Gasteiger partial charge in [-0.1, -0.05) is 30.3 Å². The SMILES string of the molecule is COc1cc2ccccc2cc1-c1[nH]c2ccc(C34CC5CC(CC(C5)C3)C4)cc2c1CCCCN. The van der Waals surface area contributed by atoms with Crippen molar-refractivity contribution >= 4 is 21.7 Å². The van der Waals surface area contributed by atoms with Crippen LogP contribution in [0.4, 0.5) is 0 Å². The van der Waals surface area contributed by atoms with Crippen molar-refractivity contribution in [2.75, 3.05) is 13.7 Å². The van der Waals surface area contributed by atoms with Crippen molar-refractivity contribution in [3.63, 3.8) is 0 Å². The first-order valence-corrected chi connectivity index (χ1v) is 14.1. The first-order valence-electron chi connectivity index (χ1n) is 14.1. The molecule has 3 aromatic carbocycles. The van der Waals surface area contributed by atoms with Crippen molar-refractivity contribution < 1.29 is 4.74 Å². The van der Waals surface area contributed by atoms with Crippen LogP contribution in [-0.4, -0.2) is 18.6 Å². The molecule has 0 radical (unpaired) electrons. The summed E-state index contributed by atoms with van der Waals surface area (Å²) < 4.78 is 5.93. The number of H-pyrrole nitrogens is 1. The summed E-state index contributed by atoms with van der Waals surface area (Å²) in [5.74, 6) is 3.81. The maximum absolute atomic E-state index is 5.93. The van der Waals surface area contributed by atoms with Crippen LogP contribution >= 0.6 is 0 Å². The van der Waals surface area contributed by atoms with Crippen LogP contribution in [0, 0.1) is 17.8 Å². The van der Waals surface area contributed by atoms with Crippen molar-refractivity contribution in [2.24, 2.45) is 23.5 Å². The molecule has 1 aromatic heterocycles. The maximum Gasteiger partial charge on any atom is 0.128 e. The molecule has 0 saturated heterocycles. The van der Waals surface area contributed by atoms with Crippen molar-refractivity contribution in [1.82, 2.24) is 4.98 Å². The lowest BCUT2D eigenvalue weighted by Gasteiger charge is -2.57. The topological polar surface area (TPSA) is 51.0 Å². The molecule has 3 heteroatoms. The summed E-state index contributed by atoms with van der Waals surface area (Å²) in [5.41, 5.74) is 13.0. The van der Waals surface area contributed by atoms with Gasteiger partial charge in [-0.15, -0.1) is 0 Å². The number of aryl methyl sites for hydroxylation is 1. The summed E-state index contributed by atoms with van der Waals surface area (Å²) in [6, 6.07) is 20.4. The van der Waals surface area contributed by atoms with E-state index in [4.69, 9.17) is 10.5 Å². The third-order valence-corrected chi connectivity index (χ3v) is 9.77. The van der Waals surface area contributed by atoms with E-state index >= 15 is 0 Å². The zero-order valence-corrected chi connectivity index (χ0v) is 21.5. The molecule has 4 saturated carbocycles. The molecule has 4 aliphatic carbocycles. The van der Waals surface area contributed by atoms with E-state index in [1.807, 2.05) is 0 Å². The Morgan fingerprint density at radius 1 is 0.889 bits per heavy atom. The van der Waals surface area contributed by atoms with E-state index in [-0.39, 0.29) is 0 Å². The average molecular weight is 479 g/mol. The van der Waals surface area contributed by atoms with E-state index in [0.29, 0.717) is 5.41 Å². The summed E-state index contributed by atoms with van der Waals surface area (Å²) in [7, 11) is 1.79. The molecule has 8 rings (SSSR count). The minimum Gasteiger partial charge on any atom is -0.496 e. The zero-order chi connectivity index (χ0) is 24.3. The lowest BCUT2D eigenvalue weighted by atomic mass is 9.48. The molecule has 186 valence electrons. The standard InChI is InChI=1S/C33H38N2O/c1-36-31-16-25-7-3-2-6-24(25)15-29(31)32-27(8-4-5-11-34)28-17-26(9-10-30(28)35-32)33-18-21-12-22(19-33)14-23(13-21)20-33/h2-3,6-7,9-10,15-17,21-23,35H,4-5,8,11-14,18-20,34H2,1H3. The van der Waals surface area contributed by atoms with Crippen LogP contribution in [0.2, 0.25) is 0 Å². The fraction of sp³-hybridized carbons (Fsp3) is 0.455. The number of unbranched alkanes of at least 4 members (excludes halogenated alkanes) is 1. The summed E-state index contributed by atoms with van der Waals surface area (Å²) in [5, 5.41) is 3.86. The van der Waals surface area contributed by atoms with Gasteiger partial charge < -0.3 is 15.5 Å². The summed E-state index contributed by atoms with van der Waals surface area (Å²) >= 11 is 0. The normalized spacial score (nSPS) is 26.8. The van der Waals surface area contributed by atoms with Gasteiger partial charge in [0.05, 0.1) is 12.8 Å². The first kappa shape index (κ1) is 22.4. The highest BCUT2D eigenvalue weighted by molar-refractivity contribution is 5.96. The molecule has 0 unspecified atom stereocenters. The van der Waals surface area contributed by atoms with Crippen molar-refractivity contribution in [1.29, 1.82) is 0 Å². The fourth-order valence-corrected chi connectivity index (χ4v) is 8.56. The van der Waals surface area contributed by atoms with Crippen LogP contribution in [0.25, 0.3) is 32.9 Å². The summed E-state index contributed by atoms with van der Waals surface area (Å²) in [6.45, 7) is 0.746. The highest BCUT2D eigenvalue weighted by Crippen LogP contribution is 2.61. The Labute approximate surface area is 214 Å². The number of aromatic nitrogens is 1. The molecule has 4 fully saturated rings. The Kier molecular flexibility index (Phi) is 5.39. The second kappa shape index (κ2) is 8.66. The Morgan fingerprint density at radius 2 is 1.58 bits per heavy atom. The minimum atomic E-state index is 0.412. The van der Waals surface area contributed by atoms with Gasteiger partial charge in [0.25, 0.3) is 0 Å². The summed E-state index contributed by atoms with van der Waals surface area (Å²) in [6.07, 6.45) is 11.9. The van der Waals surface area contributed by atoms with E-state index in [1.54, 1.807) is 12.7 Å². The van der Waals surface area contributed by atoms with Gasteiger partial charge in [-0.25, -0.2) is 0 Å². The van der Waals surface area contributed by atoms with E-state index in [0.717, 1.165) is 54.9 Å². The van der Waals surface area contributed by atoms with Crippen LogP contribution in [0.15, 0.2) is 54.6 Å². The second-order valence-electron chi connectivity index (χ2n) is 12.1. The number of rotatable bonds is 7. The molecule has 1 heterocycles. The Morgan fingerprint density at radius 3 is 2.25 bits per heavy atom. The number of hydrogen-bond acceptors (Lipinski definition) is 2. The number of hydrogen-bond donors (Lipinski definition) is 2. The highest BCUT2D eigenvalue weighted by Gasteiger charge is 2.51. The molecule has 4 aromatic rings. The Balaban J connectivity index is 1.38. The van der Waals surface area contributed by atoms with Crippen molar-refractivity contribution in [2.45, 2.75) is 63.2 Å². The third kappa shape index (κ3) is 3.58. The Hall–Kier alpha value is -2.78. The molecule has 36 heavy (non-hydrogen) atoms. The minimum absolute atomic E-state index is 0.412. The summed E-state index contributed by atoms with van der Waals surface area (Å²) in [4.78, 5) is 3.84. The smallest absolute Gasteiger partial charge is 0.128 e. The number of nitrogens with two attached hydrogens (primary N) is 1. The maximum atomic E-state index is 5.93. The van der Waals surface area contributed by atoms with Gasteiger partial charge in [0, 0.05) is 16.5 Å². The van der Waals surface area contributed by atoms with Crippen LogP contribution < -0.4 is 10.5 Å². The van der Waals surface area contributed by atoms with Crippen LogP contribution in [0.5, 0.6) is 5.75 Å². The Bertz CT molecular complexity index is 1400. The van der Waals surface area contributed by atoms with Gasteiger partial charge >= 0.3 is 0 Å². The van der Waals surface area contributed by atoms with Gasteiger partial charge in [-0.3, -0.25) is 0 Å². The van der Waals surface area contributed by atoms with Crippen LogP contribution in [0.3, 0.4) is 0 Å². The van der Waals surface area contributed by atoms with Gasteiger partial charge in [0.1, 0.15) is 5.75 Å². The molecule has 3 nitrogen and oxygen atoms in total. The predicted octanol–water partition coefficient (Wildman–Crippen LogP) is 7.75. The van der Waals surface area contributed by atoms with Crippen LogP contribution in [0.1, 0.15) is 62.5 Å². The molecule has 0 spiro atoms. The van der Waals surface area contributed by atoms with Gasteiger partial charge in [0.2, 0.25) is 0 Å². The second-order valence-corrected chi connectivity index (χ2v) is 12.1. The molecule has 0 atom stereocenters. The van der Waals surface area contributed by atoms with Gasteiger partial charge in [-0.2, -0.15) is 0 Å². The third-order valence-electron chi connectivity index (χ3n) is 9.77. The molecular weight excluding hydrogens is 440 g/mol. The molecule has 3 N–H and O–H groups in total. The number of nitrogens with one attached hydrogen (secondary N) is 1. The largest absolute Gasteiger partial charge is 0.496 e. The van der Waals surface area contributed by atoms with Crippen LogP contribution in [-0.2, 0) is 11.8 Å². The molecular formula is C33H38N2O. The van der Waals surface area contributed by atoms with Gasteiger partial charge in [0.15, 0.2) is 0 Å². The lowest BCUT2D eigenvalue weighted by Crippen LogP contribution is -2.48. The molecule has 4 aliphatic rings. The average Bonchev–Trinajstić information content (AvgIpc) is 3.25. The molecule has 0 aliphatic heterocycles. The van der Waals surface area contributed by atoms with E-state index < -0.39 is 0 Å². The number of ether oxygens (including phenoxy) is 1. The van der Waals surface area contributed by atoms with Crippen molar-refractivity contribution in [3.05, 3.63) is 65.7 Å². The number of benzene rings is 3. The quantitative estimate of drug-likeness (QED) is 0.267. The zero-order valence-electron chi connectivity index (χ0n) is 21.5. The van der Waals surface area contributed by atoms with E-state index in [1.165, 1.54) is 71.5 Å². The van der Waals surface area contributed by atoms with E-state index in [9.17, 15) is 0 Å². The number of methoxy groups -OCH3 is 1. The molecule has 0 amide bonds. The number of aromatic amines is 1. The number of fused-ring (bicyclic) bond motifs is 2. The highest BCUT2D eigenvalue weighted by atomic mass is 16.5. The lowest BCUT2D eigenvalue weighted by molar-refractivity contribution is -0.00513. The molecule has 4 bridgehead atoms.